The van der Waals surface area contributed by atoms with Gasteiger partial charge >= 0.3 is 0 Å². The van der Waals surface area contributed by atoms with E-state index in [1.54, 1.807) is 0 Å². The number of nitrogens with two attached hydrogens (primary N) is 1. The number of rotatable bonds is 3. The highest BCUT2D eigenvalue weighted by atomic mass is 15.0. The zero-order chi connectivity index (χ0) is 11.9. The quantitative estimate of drug-likeness (QED) is 0.816. The van der Waals surface area contributed by atoms with E-state index in [2.05, 4.69) is 29.0 Å². The van der Waals surface area contributed by atoms with Gasteiger partial charge in [0.25, 0.3) is 0 Å². The fourth-order valence-electron chi connectivity index (χ4n) is 2.52. The lowest BCUT2D eigenvalue weighted by molar-refractivity contribution is 0.440. The number of para-hydroxylation sites is 1. The van der Waals surface area contributed by atoms with Crippen LogP contribution in [0, 0.1) is 16.7 Å². The second kappa shape index (κ2) is 3.53. The molecule has 0 bridgehead atoms. The van der Waals surface area contributed by atoms with Gasteiger partial charge in [-0.15, -0.1) is 0 Å². The summed E-state index contributed by atoms with van der Waals surface area (Å²) in [6.07, 6.45) is 5.05. The van der Waals surface area contributed by atoms with Crippen LogP contribution in [0.2, 0.25) is 0 Å². The van der Waals surface area contributed by atoms with Gasteiger partial charge in [0.2, 0.25) is 0 Å². The molecule has 0 atom stereocenters. The number of aromatic nitrogens is 1. The lowest BCUT2D eigenvalue weighted by atomic mass is 10.0. The van der Waals surface area contributed by atoms with Crippen molar-refractivity contribution in [3.05, 3.63) is 30.5 Å². The maximum Gasteiger partial charge on any atom is 0.0714 e. The second-order valence-electron chi connectivity index (χ2n) is 5.06. The molecule has 3 nitrogen and oxygen atoms in total. The molecule has 0 radical (unpaired) electrons. The SMILES string of the molecule is N#CCC1(Cn2ccc3cccc(N)c32)CC1. The zero-order valence-electron chi connectivity index (χ0n) is 9.69. The van der Waals surface area contributed by atoms with E-state index < -0.39 is 0 Å². The van der Waals surface area contributed by atoms with E-state index in [1.807, 2.05) is 12.1 Å². The molecule has 0 saturated heterocycles. The average molecular weight is 225 g/mol. The van der Waals surface area contributed by atoms with Crippen LogP contribution in [-0.2, 0) is 6.54 Å². The standard InChI is InChI=1S/C14H15N3/c15-8-7-14(5-6-14)10-17-9-4-11-2-1-3-12(16)13(11)17/h1-4,9H,5-7,10,16H2. The number of nitrogen functional groups attached to an aromatic ring is 1. The molecule has 1 fully saturated rings. The van der Waals surface area contributed by atoms with E-state index in [-0.39, 0.29) is 5.41 Å². The van der Waals surface area contributed by atoms with Crippen LogP contribution in [0.3, 0.4) is 0 Å². The maximum absolute atomic E-state index is 8.85. The largest absolute Gasteiger partial charge is 0.397 e. The molecule has 1 aliphatic carbocycles. The molecule has 3 heteroatoms. The molecule has 0 aliphatic heterocycles. The van der Waals surface area contributed by atoms with Gasteiger partial charge in [0.1, 0.15) is 0 Å². The van der Waals surface area contributed by atoms with E-state index in [1.165, 1.54) is 5.39 Å². The molecular formula is C14H15N3. The third-order valence-corrected chi connectivity index (χ3v) is 3.74. The Morgan fingerprint density at radius 1 is 1.35 bits per heavy atom. The normalized spacial score (nSPS) is 16.9. The molecule has 2 aromatic rings. The van der Waals surface area contributed by atoms with Gasteiger partial charge in [0, 0.05) is 30.0 Å². The van der Waals surface area contributed by atoms with Crippen molar-refractivity contribution in [2.45, 2.75) is 25.8 Å². The highest BCUT2D eigenvalue weighted by Crippen LogP contribution is 2.50. The van der Waals surface area contributed by atoms with Crippen LogP contribution in [0.5, 0.6) is 0 Å². The molecule has 1 aromatic carbocycles. The summed E-state index contributed by atoms with van der Waals surface area (Å²) in [6.45, 7) is 0.915. The lowest BCUT2D eigenvalue weighted by Gasteiger charge is -2.14. The van der Waals surface area contributed by atoms with E-state index >= 15 is 0 Å². The molecule has 0 spiro atoms. The fourth-order valence-corrected chi connectivity index (χ4v) is 2.52. The fraction of sp³-hybridized carbons (Fsp3) is 0.357. The van der Waals surface area contributed by atoms with E-state index in [9.17, 15) is 0 Å². The molecule has 1 aliphatic rings. The van der Waals surface area contributed by atoms with Gasteiger partial charge in [-0.2, -0.15) is 5.26 Å². The van der Waals surface area contributed by atoms with Crippen molar-refractivity contribution in [2.24, 2.45) is 5.41 Å². The molecule has 1 aromatic heterocycles. The van der Waals surface area contributed by atoms with Gasteiger partial charge in [0.05, 0.1) is 17.3 Å². The molecule has 0 unspecified atom stereocenters. The molecule has 2 N–H and O–H groups in total. The minimum atomic E-state index is 0.211. The van der Waals surface area contributed by atoms with E-state index in [0.717, 1.165) is 30.6 Å². The topological polar surface area (TPSA) is 54.7 Å². The van der Waals surface area contributed by atoms with Gasteiger partial charge in [-0.1, -0.05) is 12.1 Å². The van der Waals surface area contributed by atoms with Crippen LogP contribution in [0.25, 0.3) is 10.9 Å². The Morgan fingerprint density at radius 2 is 2.18 bits per heavy atom. The summed E-state index contributed by atoms with van der Waals surface area (Å²) >= 11 is 0. The van der Waals surface area contributed by atoms with Crippen LogP contribution in [0.15, 0.2) is 30.5 Å². The predicted molar refractivity (Wildman–Crippen MR) is 68.2 cm³/mol. The van der Waals surface area contributed by atoms with Crippen molar-refractivity contribution in [3.63, 3.8) is 0 Å². The first-order chi connectivity index (χ1) is 8.24. The molecule has 0 amide bonds. The molecule has 1 saturated carbocycles. The van der Waals surface area contributed by atoms with Crippen LogP contribution in [-0.4, -0.2) is 4.57 Å². The Balaban J connectivity index is 1.99. The highest BCUT2D eigenvalue weighted by Gasteiger charge is 2.42. The maximum atomic E-state index is 8.85. The van der Waals surface area contributed by atoms with Gasteiger partial charge in [-0.05, 0) is 25.0 Å². The van der Waals surface area contributed by atoms with Crippen molar-refractivity contribution in [1.29, 1.82) is 5.26 Å². The van der Waals surface area contributed by atoms with Crippen molar-refractivity contribution >= 4 is 16.6 Å². The number of anilines is 1. The van der Waals surface area contributed by atoms with Crippen LogP contribution in [0.1, 0.15) is 19.3 Å². The van der Waals surface area contributed by atoms with Gasteiger partial charge in [-0.3, -0.25) is 0 Å². The summed E-state index contributed by atoms with van der Waals surface area (Å²) in [7, 11) is 0. The molecule has 1 heterocycles. The Morgan fingerprint density at radius 3 is 2.88 bits per heavy atom. The number of hydrogen-bond donors (Lipinski definition) is 1. The number of hydrogen-bond acceptors (Lipinski definition) is 2. The predicted octanol–water partition coefficient (Wildman–Crippen LogP) is 2.92. The Hall–Kier alpha value is -1.95. The smallest absolute Gasteiger partial charge is 0.0714 e. The minimum absolute atomic E-state index is 0.211. The first-order valence-electron chi connectivity index (χ1n) is 5.94. The molecular weight excluding hydrogens is 210 g/mol. The first-order valence-corrected chi connectivity index (χ1v) is 5.94. The van der Waals surface area contributed by atoms with Crippen LogP contribution < -0.4 is 5.73 Å². The Labute approximate surface area is 100 Å². The van der Waals surface area contributed by atoms with Crippen LogP contribution >= 0.6 is 0 Å². The lowest BCUT2D eigenvalue weighted by Crippen LogP contribution is -2.10. The summed E-state index contributed by atoms with van der Waals surface area (Å²) in [5, 5.41) is 10.0. The van der Waals surface area contributed by atoms with Crippen molar-refractivity contribution < 1.29 is 0 Å². The highest BCUT2D eigenvalue weighted by molar-refractivity contribution is 5.90. The number of benzene rings is 1. The monoisotopic (exact) mass is 225 g/mol. The zero-order valence-corrected chi connectivity index (χ0v) is 9.69. The third kappa shape index (κ3) is 1.66. The summed E-state index contributed by atoms with van der Waals surface area (Å²) in [4.78, 5) is 0. The first kappa shape index (κ1) is 10.2. The third-order valence-electron chi connectivity index (χ3n) is 3.74. The number of fused-ring (bicyclic) bond motifs is 1. The second-order valence-corrected chi connectivity index (χ2v) is 5.06. The van der Waals surface area contributed by atoms with E-state index in [0.29, 0.717) is 6.42 Å². The summed E-state index contributed by atoms with van der Waals surface area (Å²) in [6, 6.07) is 10.4. The molecule has 3 rings (SSSR count). The summed E-state index contributed by atoms with van der Waals surface area (Å²) in [5.41, 5.74) is 8.17. The Bertz CT molecular complexity index is 599. The number of nitriles is 1. The van der Waals surface area contributed by atoms with Gasteiger partial charge in [-0.25, -0.2) is 0 Å². The van der Waals surface area contributed by atoms with Gasteiger partial charge < -0.3 is 10.3 Å². The summed E-state index contributed by atoms with van der Waals surface area (Å²) in [5.74, 6) is 0. The van der Waals surface area contributed by atoms with Crippen LogP contribution in [0.4, 0.5) is 5.69 Å². The van der Waals surface area contributed by atoms with Crippen molar-refractivity contribution in [1.82, 2.24) is 4.57 Å². The van der Waals surface area contributed by atoms with Crippen molar-refractivity contribution in [2.75, 3.05) is 5.73 Å². The molecule has 17 heavy (non-hydrogen) atoms. The average Bonchev–Trinajstić information content (AvgIpc) is 2.92. The van der Waals surface area contributed by atoms with E-state index in [4.69, 9.17) is 11.0 Å². The number of nitrogens with zero attached hydrogens (tertiary/aromatic N) is 2. The molecule has 86 valence electrons. The Kier molecular flexibility index (Phi) is 2.12. The minimum Gasteiger partial charge on any atom is -0.397 e. The summed E-state index contributed by atoms with van der Waals surface area (Å²) < 4.78 is 2.20. The van der Waals surface area contributed by atoms with Gasteiger partial charge in [0.15, 0.2) is 0 Å². The van der Waals surface area contributed by atoms with Crippen molar-refractivity contribution in [3.8, 4) is 6.07 Å².